The fraction of sp³-hybridized carbons (Fsp3) is 0.652. The number of carbonyl (C=O) groups is 2. The van der Waals surface area contributed by atoms with Gasteiger partial charge in [0.15, 0.2) is 0 Å². The van der Waals surface area contributed by atoms with Crippen LogP contribution in [0.4, 0.5) is 10.6 Å². The fourth-order valence-electron chi connectivity index (χ4n) is 6.70. The van der Waals surface area contributed by atoms with Crippen molar-refractivity contribution >= 4 is 17.8 Å². The normalized spacial score (nSPS) is 35.5. The maximum atomic E-state index is 12.9. The number of hydrogen-bond donors (Lipinski definition) is 2. The van der Waals surface area contributed by atoms with E-state index < -0.39 is 0 Å². The largest absolute Gasteiger partial charge is 0.446 e. The van der Waals surface area contributed by atoms with Gasteiger partial charge in [-0.15, -0.1) is 0 Å². The smallest absolute Gasteiger partial charge is 0.410 e. The van der Waals surface area contributed by atoms with Crippen LogP contribution in [-0.4, -0.2) is 54.2 Å². The predicted molar refractivity (Wildman–Crippen MR) is 113 cm³/mol. The van der Waals surface area contributed by atoms with Crippen molar-refractivity contribution in [3.8, 4) is 6.07 Å². The lowest BCUT2D eigenvalue weighted by molar-refractivity contribution is -0.164. The molecule has 1 aromatic rings. The Bertz CT molecular complexity index is 895. The summed E-state index contributed by atoms with van der Waals surface area (Å²) in [6.07, 6.45) is 6.89. The van der Waals surface area contributed by atoms with E-state index in [4.69, 9.17) is 10.00 Å². The minimum Gasteiger partial charge on any atom is -0.446 e. The first-order valence-electron chi connectivity index (χ1n) is 11.3. The van der Waals surface area contributed by atoms with E-state index in [1.54, 1.807) is 30.3 Å². The number of rotatable bonds is 4. The summed E-state index contributed by atoms with van der Waals surface area (Å²) in [5.41, 5.74) is 0.279. The van der Waals surface area contributed by atoms with Gasteiger partial charge in [-0.2, -0.15) is 5.26 Å². The standard InChI is InChI=1S/C23H29N5O3/c1-25-21(29)23-8-15-6-16(9-23)20(17(7-15)10-23)31-22(30)28-5-4-18(13-28)27-19-3-2-14(11-24)12-26-19/h2-3,12,15-18,20H,4-10,13H2,1H3,(H,25,29)(H,26,27)/t15?,16?,17?,18-,20?,23?/m1/s1. The molecule has 8 heteroatoms. The van der Waals surface area contributed by atoms with Gasteiger partial charge >= 0.3 is 6.09 Å². The zero-order valence-electron chi connectivity index (χ0n) is 17.8. The van der Waals surface area contributed by atoms with Crippen molar-refractivity contribution in [3.05, 3.63) is 23.9 Å². The van der Waals surface area contributed by atoms with Crippen LogP contribution < -0.4 is 10.6 Å². The number of hydrogen-bond acceptors (Lipinski definition) is 6. The first-order chi connectivity index (χ1) is 15.0. The highest BCUT2D eigenvalue weighted by Gasteiger charge is 2.59. The first kappa shape index (κ1) is 20.1. The van der Waals surface area contributed by atoms with Crippen molar-refractivity contribution in [1.29, 1.82) is 5.26 Å². The Morgan fingerprint density at radius 3 is 2.68 bits per heavy atom. The van der Waals surface area contributed by atoms with Crippen molar-refractivity contribution in [1.82, 2.24) is 15.2 Å². The highest BCUT2D eigenvalue weighted by Crippen LogP contribution is 2.60. The molecule has 0 aromatic carbocycles. The third-order valence-electron chi connectivity index (χ3n) is 7.82. The minimum absolute atomic E-state index is 0.0611. The molecule has 2 heterocycles. The summed E-state index contributed by atoms with van der Waals surface area (Å²) in [5, 5.41) is 15.1. The summed E-state index contributed by atoms with van der Waals surface area (Å²) in [6.45, 7) is 1.23. The zero-order chi connectivity index (χ0) is 21.6. The number of nitrogens with one attached hydrogen (secondary N) is 2. The van der Waals surface area contributed by atoms with E-state index in [-0.39, 0.29) is 29.6 Å². The van der Waals surface area contributed by atoms with E-state index in [9.17, 15) is 9.59 Å². The number of pyridine rings is 1. The molecule has 3 atom stereocenters. The van der Waals surface area contributed by atoms with Crippen LogP contribution in [0.3, 0.4) is 0 Å². The Hall–Kier alpha value is -2.82. The van der Waals surface area contributed by atoms with E-state index in [0.29, 0.717) is 42.2 Å². The van der Waals surface area contributed by atoms with Crippen LogP contribution in [-0.2, 0) is 9.53 Å². The van der Waals surface area contributed by atoms with E-state index in [2.05, 4.69) is 21.7 Å². The second-order valence-corrected chi connectivity index (χ2v) is 9.80. The van der Waals surface area contributed by atoms with E-state index in [1.165, 1.54) is 0 Å². The lowest BCUT2D eigenvalue weighted by Gasteiger charge is -2.58. The van der Waals surface area contributed by atoms with Gasteiger partial charge < -0.3 is 20.3 Å². The third kappa shape index (κ3) is 3.60. The molecule has 1 aliphatic heterocycles. The lowest BCUT2D eigenvalue weighted by atomic mass is 9.48. The molecule has 5 fully saturated rings. The molecule has 0 radical (unpaired) electrons. The highest BCUT2D eigenvalue weighted by atomic mass is 16.6. The summed E-state index contributed by atoms with van der Waals surface area (Å²) in [4.78, 5) is 31.5. The van der Waals surface area contributed by atoms with Crippen LogP contribution in [0.25, 0.3) is 0 Å². The minimum atomic E-state index is -0.245. The molecule has 2 amide bonds. The van der Waals surface area contributed by atoms with Crippen molar-refractivity contribution in [2.75, 3.05) is 25.5 Å². The van der Waals surface area contributed by atoms with Crippen molar-refractivity contribution in [2.24, 2.45) is 23.2 Å². The van der Waals surface area contributed by atoms with Crippen LogP contribution in [0.1, 0.15) is 44.1 Å². The monoisotopic (exact) mass is 423 g/mol. The molecule has 164 valence electrons. The summed E-state index contributed by atoms with van der Waals surface area (Å²) in [7, 11) is 1.73. The molecule has 2 unspecified atom stereocenters. The SMILES string of the molecule is CNC(=O)C12CC3CC(C1)C(OC(=O)N1CC[C@@H](Nc4ccc(C#N)cn4)C1)C(C3)C2. The Balaban J connectivity index is 1.18. The molecular weight excluding hydrogens is 394 g/mol. The molecule has 2 N–H and O–H groups in total. The van der Waals surface area contributed by atoms with E-state index in [1.807, 2.05) is 0 Å². The predicted octanol–water partition coefficient (Wildman–Crippen LogP) is 2.52. The molecule has 1 saturated heterocycles. The summed E-state index contributed by atoms with van der Waals surface area (Å²) in [5.74, 6) is 2.06. The Morgan fingerprint density at radius 1 is 1.26 bits per heavy atom. The van der Waals surface area contributed by atoms with Crippen LogP contribution in [0.15, 0.2) is 18.3 Å². The zero-order valence-corrected chi connectivity index (χ0v) is 17.8. The Labute approximate surface area is 182 Å². The number of aromatic nitrogens is 1. The molecule has 6 rings (SSSR count). The number of carbonyl (C=O) groups excluding carboxylic acids is 2. The summed E-state index contributed by atoms with van der Waals surface area (Å²) >= 11 is 0. The summed E-state index contributed by atoms with van der Waals surface area (Å²) < 4.78 is 6.07. The molecule has 5 aliphatic rings. The molecule has 4 aliphatic carbocycles. The molecule has 4 saturated carbocycles. The van der Waals surface area contributed by atoms with Crippen molar-refractivity contribution < 1.29 is 14.3 Å². The number of amides is 2. The van der Waals surface area contributed by atoms with Crippen molar-refractivity contribution in [3.63, 3.8) is 0 Å². The average Bonchev–Trinajstić information content (AvgIpc) is 3.24. The molecular formula is C23H29N5O3. The second-order valence-electron chi connectivity index (χ2n) is 9.80. The van der Waals surface area contributed by atoms with Gasteiger partial charge in [0.25, 0.3) is 0 Å². The van der Waals surface area contributed by atoms with Crippen LogP contribution >= 0.6 is 0 Å². The molecule has 8 nitrogen and oxygen atoms in total. The molecule has 1 aromatic heterocycles. The number of ether oxygens (including phenoxy) is 1. The van der Waals surface area contributed by atoms with Crippen LogP contribution in [0, 0.1) is 34.5 Å². The van der Waals surface area contributed by atoms with Gasteiger partial charge in [0.1, 0.15) is 18.0 Å². The fourth-order valence-corrected chi connectivity index (χ4v) is 6.70. The van der Waals surface area contributed by atoms with Gasteiger partial charge in [0.05, 0.1) is 11.0 Å². The van der Waals surface area contributed by atoms with Crippen LogP contribution in [0.2, 0.25) is 0 Å². The number of nitrogens with zero attached hydrogens (tertiary/aromatic N) is 3. The van der Waals surface area contributed by atoms with E-state index in [0.717, 1.165) is 38.5 Å². The van der Waals surface area contributed by atoms with Crippen LogP contribution in [0.5, 0.6) is 0 Å². The highest BCUT2D eigenvalue weighted by molar-refractivity contribution is 5.83. The first-order valence-corrected chi connectivity index (χ1v) is 11.3. The number of nitriles is 1. The third-order valence-corrected chi connectivity index (χ3v) is 7.82. The Morgan fingerprint density at radius 2 is 2.03 bits per heavy atom. The van der Waals surface area contributed by atoms with Gasteiger partial charge in [-0.3, -0.25) is 4.79 Å². The van der Waals surface area contributed by atoms with Gasteiger partial charge in [-0.25, -0.2) is 9.78 Å². The van der Waals surface area contributed by atoms with Crippen molar-refractivity contribution in [2.45, 2.75) is 50.7 Å². The topological polar surface area (TPSA) is 107 Å². The van der Waals surface area contributed by atoms with E-state index >= 15 is 0 Å². The number of anilines is 1. The second kappa shape index (κ2) is 7.70. The van der Waals surface area contributed by atoms with Gasteiger partial charge in [0.2, 0.25) is 5.91 Å². The maximum Gasteiger partial charge on any atom is 0.410 e. The quantitative estimate of drug-likeness (QED) is 0.771. The molecule has 0 spiro atoms. The van der Waals surface area contributed by atoms with Gasteiger partial charge in [-0.05, 0) is 68.4 Å². The Kier molecular flexibility index (Phi) is 4.99. The number of likely N-dealkylation sites (tertiary alicyclic amines) is 1. The maximum absolute atomic E-state index is 12.9. The van der Waals surface area contributed by atoms with Gasteiger partial charge in [0, 0.05) is 32.4 Å². The lowest BCUT2D eigenvalue weighted by Crippen LogP contribution is -2.59. The summed E-state index contributed by atoms with van der Waals surface area (Å²) in [6, 6.07) is 5.69. The van der Waals surface area contributed by atoms with Gasteiger partial charge in [-0.1, -0.05) is 0 Å². The molecule has 4 bridgehead atoms. The average molecular weight is 424 g/mol. The molecule has 31 heavy (non-hydrogen) atoms.